The van der Waals surface area contributed by atoms with Crippen molar-refractivity contribution in [1.29, 1.82) is 0 Å². The van der Waals surface area contributed by atoms with Gasteiger partial charge in [-0.2, -0.15) is 11.8 Å². The van der Waals surface area contributed by atoms with Gasteiger partial charge in [0.25, 0.3) is 0 Å². The van der Waals surface area contributed by atoms with Crippen LogP contribution in [-0.4, -0.2) is 38.3 Å². The Hall–Kier alpha value is -0.870. The van der Waals surface area contributed by atoms with E-state index in [1.54, 1.807) is 7.11 Å². The molecule has 1 aliphatic rings. The Morgan fingerprint density at radius 1 is 1.26 bits per heavy atom. The van der Waals surface area contributed by atoms with E-state index in [0.29, 0.717) is 6.10 Å². The zero-order chi connectivity index (χ0) is 13.5. The van der Waals surface area contributed by atoms with Gasteiger partial charge in [-0.05, 0) is 62.1 Å². The van der Waals surface area contributed by atoms with Crippen LogP contribution in [0.1, 0.15) is 18.4 Å². The molecule has 0 bridgehead atoms. The smallest absolute Gasteiger partial charge is 0.161 e. The fraction of sp³-hybridized carbons (Fsp3) is 0.600. The average molecular weight is 281 g/mol. The van der Waals surface area contributed by atoms with Gasteiger partial charge in [-0.3, -0.25) is 0 Å². The second kappa shape index (κ2) is 7.65. The zero-order valence-electron chi connectivity index (χ0n) is 11.8. The van der Waals surface area contributed by atoms with Gasteiger partial charge in [0.15, 0.2) is 11.5 Å². The van der Waals surface area contributed by atoms with Crippen LogP contribution in [0.2, 0.25) is 0 Å². The van der Waals surface area contributed by atoms with E-state index in [2.05, 4.69) is 17.4 Å². The van der Waals surface area contributed by atoms with E-state index in [-0.39, 0.29) is 0 Å². The molecule has 4 heteroatoms. The molecule has 0 amide bonds. The molecule has 3 nitrogen and oxygen atoms in total. The van der Waals surface area contributed by atoms with Crippen LogP contribution in [0.5, 0.6) is 11.5 Å². The highest BCUT2D eigenvalue weighted by molar-refractivity contribution is 7.99. The molecule has 0 spiro atoms. The van der Waals surface area contributed by atoms with Crippen LogP contribution in [0.25, 0.3) is 0 Å². The summed E-state index contributed by atoms with van der Waals surface area (Å²) in [5.74, 6) is 4.14. The van der Waals surface area contributed by atoms with Crippen LogP contribution in [0, 0.1) is 0 Å². The average Bonchev–Trinajstić information content (AvgIpc) is 2.46. The maximum atomic E-state index is 6.14. The molecule has 0 saturated carbocycles. The number of rotatable bonds is 6. The van der Waals surface area contributed by atoms with E-state index < -0.39 is 0 Å². The van der Waals surface area contributed by atoms with Crippen LogP contribution in [-0.2, 0) is 6.42 Å². The minimum Gasteiger partial charge on any atom is -0.493 e. The Kier molecular flexibility index (Phi) is 5.86. The van der Waals surface area contributed by atoms with Gasteiger partial charge in [0, 0.05) is 0 Å². The summed E-state index contributed by atoms with van der Waals surface area (Å²) >= 11 is 2.01. The topological polar surface area (TPSA) is 30.5 Å². The number of methoxy groups -OCH3 is 1. The lowest BCUT2D eigenvalue weighted by Crippen LogP contribution is -2.22. The third kappa shape index (κ3) is 4.32. The van der Waals surface area contributed by atoms with E-state index in [1.165, 1.54) is 17.1 Å². The van der Waals surface area contributed by atoms with Crippen molar-refractivity contribution < 1.29 is 9.47 Å². The third-order valence-electron chi connectivity index (χ3n) is 3.35. The van der Waals surface area contributed by atoms with Crippen molar-refractivity contribution in [2.24, 2.45) is 0 Å². The molecule has 1 heterocycles. The number of hydrogen-bond donors (Lipinski definition) is 1. The van der Waals surface area contributed by atoms with Crippen molar-refractivity contribution in [1.82, 2.24) is 5.32 Å². The first kappa shape index (κ1) is 14.5. The summed E-state index contributed by atoms with van der Waals surface area (Å²) in [6.07, 6.45) is 3.62. The van der Waals surface area contributed by atoms with Crippen molar-refractivity contribution in [2.45, 2.75) is 25.4 Å². The van der Waals surface area contributed by atoms with Gasteiger partial charge in [0.2, 0.25) is 0 Å². The number of hydrogen-bond acceptors (Lipinski definition) is 4. The quantitative estimate of drug-likeness (QED) is 0.868. The van der Waals surface area contributed by atoms with Crippen LogP contribution in [0.3, 0.4) is 0 Å². The summed E-state index contributed by atoms with van der Waals surface area (Å²) in [6.45, 7) is 0.978. The molecule has 1 N–H and O–H groups in total. The molecule has 2 rings (SSSR count). The molecule has 1 saturated heterocycles. The lowest BCUT2D eigenvalue weighted by Gasteiger charge is -2.24. The first-order chi connectivity index (χ1) is 9.33. The maximum absolute atomic E-state index is 6.14. The fourth-order valence-corrected chi connectivity index (χ4v) is 3.27. The Bertz CT molecular complexity index is 392. The Morgan fingerprint density at radius 2 is 2.05 bits per heavy atom. The predicted molar refractivity (Wildman–Crippen MR) is 81.6 cm³/mol. The molecule has 1 aliphatic heterocycles. The lowest BCUT2D eigenvalue weighted by atomic mass is 10.1. The number of benzene rings is 1. The third-order valence-corrected chi connectivity index (χ3v) is 4.40. The highest BCUT2D eigenvalue weighted by Gasteiger charge is 2.17. The molecule has 0 radical (unpaired) electrons. The minimum atomic E-state index is 0.342. The first-order valence-corrected chi connectivity index (χ1v) is 8.05. The SMILES string of the molecule is CNCCc1ccc(OC)c(OC2CCSCC2)c1. The van der Waals surface area contributed by atoms with Crippen molar-refractivity contribution in [3.05, 3.63) is 23.8 Å². The molecule has 1 aromatic rings. The normalized spacial score (nSPS) is 16.3. The molecule has 0 unspecified atom stereocenters. The molecule has 106 valence electrons. The van der Waals surface area contributed by atoms with Crippen molar-refractivity contribution >= 4 is 11.8 Å². The van der Waals surface area contributed by atoms with Crippen molar-refractivity contribution in [3.8, 4) is 11.5 Å². The maximum Gasteiger partial charge on any atom is 0.161 e. The second-order valence-electron chi connectivity index (χ2n) is 4.77. The Morgan fingerprint density at radius 3 is 2.74 bits per heavy atom. The number of nitrogens with one attached hydrogen (secondary N) is 1. The van der Waals surface area contributed by atoms with Crippen LogP contribution in [0.15, 0.2) is 18.2 Å². The van der Waals surface area contributed by atoms with Crippen molar-refractivity contribution in [3.63, 3.8) is 0 Å². The Labute approximate surface area is 120 Å². The molecule has 0 atom stereocenters. The number of ether oxygens (including phenoxy) is 2. The molecular formula is C15H23NO2S. The summed E-state index contributed by atoms with van der Waals surface area (Å²) in [7, 11) is 3.67. The van der Waals surface area contributed by atoms with Crippen molar-refractivity contribution in [2.75, 3.05) is 32.2 Å². The number of likely N-dealkylation sites (N-methyl/N-ethyl adjacent to an activating group) is 1. The van der Waals surface area contributed by atoms with E-state index >= 15 is 0 Å². The highest BCUT2D eigenvalue weighted by Crippen LogP contribution is 2.31. The van der Waals surface area contributed by atoms with Crippen LogP contribution >= 0.6 is 11.8 Å². The second-order valence-corrected chi connectivity index (χ2v) is 5.99. The van der Waals surface area contributed by atoms with E-state index in [4.69, 9.17) is 9.47 Å². The standard InChI is InChI=1S/C15H23NO2S/c1-16-8-5-12-3-4-14(17-2)15(11-12)18-13-6-9-19-10-7-13/h3-4,11,13,16H,5-10H2,1-2H3. The first-order valence-electron chi connectivity index (χ1n) is 6.89. The zero-order valence-corrected chi connectivity index (χ0v) is 12.6. The predicted octanol–water partition coefficient (Wildman–Crippen LogP) is 2.73. The van der Waals surface area contributed by atoms with Gasteiger partial charge >= 0.3 is 0 Å². The molecule has 1 aromatic carbocycles. The molecule has 0 aliphatic carbocycles. The van der Waals surface area contributed by atoms with Gasteiger partial charge < -0.3 is 14.8 Å². The highest BCUT2D eigenvalue weighted by atomic mass is 32.2. The van der Waals surface area contributed by atoms with Gasteiger partial charge in [-0.1, -0.05) is 6.07 Å². The van der Waals surface area contributed by atoms with E-state index in [1.807, 2.05) is 24.9 Å². The summed E-state index contributed by atoms with van der Waals surface area (Å²) in [6, 6.07) is 6.25. The van der Waals surface area contributed by atoms with Gasteiger partial charge in [0.1, 0.15) is 6.10 Å². The summed E-state index contributed by atoms with van der Waals surface area (Å²) in [4.78, 5) is 0. The fourth-order valence-electron chi connectivity index (χ4n) is 2.21. The van der Waals surface area contributed by atoms with Crippen LogP contribution in [0.4, 0.5) is 0 Å². The van der Waals surface area contributed by atoms with Gasteiger partial charge in [0.05, 0.1) is 7.11 Å². The molecule has 1 fully saturated rings. The summed E-state index contributed by atoms with van der Waals surface area (Å²) in [5.41, 5.74) is 1.29. The van der Waals surface area contributed by atoms with E-state index in [9.17, 15) is 0 Å². The molecule has 19 heavy (non-hydrogen) atoms. The van der Waals surface area contributed by atoms with Crippen LogP contribution < -0.4 is 14.8 Å². The molecule has 0 aromatic heterocycles. The summed E-state index contributed by atoms with van der Waals surface area (Å²) < 4.78 is 11.5. The van der Waals surface area contributed by atoms with E-state index in [0.717, 1.165) is 37.3 Å². The number of thioether (sulfide) groups is 1. The molecular weight excluding hydrogens is 258 g/mol. The van der Waals surface area contributed by atoms with Gasteiger partial charge in [-0.25, -0.2) is 0 Å². The monoisotopic (exact) mass is 281 g/mol. The largest absolute Gasteiger partial charge is 0.493 e. The summed E-state index contributed by atoms with van der Waals surface area (Å²) in [5, 5.41) is 3.17. The van der Waals surface area contributed by atoms with Gasteiger partial charge in [-0.15, -0.1) is 0 Å². The minimum absolute atomic E-state index is 0.342. The lowest BCUT2D eigenvalue weighted by molar-refractivity contribution is 0.184. The Balaban J connectivity index is 2.06.